The molecule has 0 fully saturated rings. The largest absolute Gasteiger partial charge is 0.387 e. The first-order chi connectivity index (χ1) is 9.13. The van der Waals surface area contributed by atoms with Gasteiger partial charge in [0.1, 0.15) is 0 Å². The van der Waals surface area contributed by atoms with E-state index in [0.717, 1.165) is 11.4 Å². The minimum atomic E-state index is -0.464. The molecular formula is C15H20N2OS. The lowest BCUT2D eigenvalue weighted by Crippen LogP contribution is -2.21. The predicted octanol–water partition coefficient (Wildman–Crippen LogP) is 3.78. The number of hydrogen-bond donors (Lipinski definition) is 1. The van der Waals surface area contributed by atoms with E-state index in [1.54, 1.807) is 11.3 Å². The predicted molar refractivity (Wildman–Crippen MR) is 80.6 cm³/mol. The van der Waals surface area contributed by atoms with Gasteiger partial charge in [-0.05, 0) is 36.9 Å². The van der Waals surface area contributed by atoms with E-state index >= 15 is 0 Å². The zero-order chi connectivity index (χ0) is 13.8. The monoisotopic (exact) mass is 276 g/mol. The molecule has 2 aromatic heterocycles. The molecule has 0 spiro atoms. The number of rotatable bonds is 5. The number of aromatic nitrogens is 1. The first-order valence-electron chi connectivity index (χ1n) is 6.53. The van der Waals surface area contributed by atoms with Crippen LogP contribution in [-0.4, -0.2) is 17.1 Å². The molecule has 0 aliphatic heterocycles. The molecule has 0 amide bonds. The highest BCUT2D eigenvalue weighted by atomic mass is 32.1. The standard InChI is InChI=1S/C15H20N2OS/c1-4-14(18)13-8-7-12(10-16-13)17(3)11(2)15-6-5-9-19-15/h5-11,14,18H,4H2,1-3H3. The number of nitrogens with zero attached hydrogens (tertiary/aromatic N) is 2. The molecule has 1 N–H and O–H groups in total. The molecule has 0 saturated carbocycles. The lowest BCUT2D eigenvalue weighted by atomic mass is 10.1. The Bertz CT molecular complexity index is 495. The molecule has 2 rings (SSSR count). The van der Waals surface area contributed by atoms with Crippen LogP contribution in [0.1, 0.15) is 43.0 Å². The van der Waals surface area contributed by atoms with Gasteiger partial charge in [-0.15, -0.1) is 11.3 Å². The third-order valence-corrected chi connectivity index (χ3v) is 4.48. The molecule has 0 bridgehead atoms. The van der Waals surface area contributed by atoms with Crippen LogP contribution in [0.25, 0.3) is 0 Å². The summed E-state index contributed by atoms with van der Waals surface area (Å²) in [6, 6.07) is 8.47. The highest BCUT2D eigenvalue weighted by Crippen LogP contribution is 2.28. The van der Waals surface area contributed by atoms with Crippen molar-refractivity contribution in [2.24, 2.45) is 0 Å². The molecule has 2 unspecified atom stereocenters. The Labute approximate surface area is 118 Å². The summed E-state index contributed by atoms with van der Waals surface area (Å²) in [6.45, 7) is 4.13. The normalized spacial score (nSPS) is 14.1. The molecule has 19 heavy (non-hydrogen) atoms. The highest BCUT2D eigenvalue weighted by molar-refractivity contribution is 7.10. The van der Waals surface area contributed by atoms with Crippen LogP contribution >= 0.6 is 11.3 Å². The van der Waals surface area contributed by atoms with Crippen molar-refractivity contribution in [3.05, 3.63) is 46.4 Å². The molecule has 2 aromatic rings. The summed E-state index contributed by atoms with van der Waals surface area (Å²) in [4.78, 5) is 7.87. The van der Waals surface area contributed by atoms with Crippen molar-refractivity contribution in [2.45, 2.75) is 32.4 Å². The number of hydrogen-bond acceptors (Lipinski definition) is 4. The smallest absolute Gasteiger partial charge is 0.0957 e. The van der Waals surface area contributed by atoms with E-state index in [9.17, 15) is 5.11 Å². The zero-order valence-corrected chi connectivity index (χ0v) is 12.4. The number of thiophene rings is 1. The van der Waals surface area contributed by atoms with Crippen molar-refractivity contribution in [1.82, 2.24) is 4.98 Å². The van der Waals surface area contributed by atoms with Gasteiger partial charge in [0.25, 0.3) is 0 Å². The van der Waals surface area contributed by atoms with Gasteiger partial charge >= 0.3 is 0 Å². The van der Waals surface area contributed by atoms with Crippen molar-refractivity contribution in [2.75, 3.05) is 11.9 Å². The molecular weight excluding hydrogens is 256 g/mol. The van der Waals surface area contributed by atoms with E-state index in [4.69, 9.17) is 0 Å². The van der Waals surface area contributed by atoms with Gasteiger partial charge in [-0.25, -0.2) is 0 Å². The molecule has 2 heterocycles. The molecule has 4 heteroatoms. The first kappa shape index (κ1) is 14.0. The maximum Gasteiger partial charge on any atom is 0.0957 e. The van der Waals surface area contributed by atoms with Crippen LogP contribution in [0.2, 0.25) is 0 Å². The van der Waals surface area contributed by atoms with Crippen molar-refractivity contribution >= 4 is 17.0 Å². The molecule has 2 atom stereocenters. The molecule has 0 radical (unpaired) electrons. The average Bonchev–Trinajstić information content (AvgIpc) is 2.99. The van der Waals surface area contributed by atoms with Gasteiger partial charge in [-0.2, -0.15) is 0 Å². The van der Waals surface area contributed by atoms with E-state index in [1.807, 2.05) is 25.3 Å². The van der Waals surface area contributed by atoms with E-state index < -0.39 is 6.10 Å². The van der Waals surface area contributed by atoms with Gasteiger partial charge in [-0.1, -0.05) is 13.0 Å². The second kappa shape index (κ2) is 6.17. The van der Waals surface area contributed by atoms with E-state index in [0.29, 0.717) is 12.5 Å². The van der Waals surface area contributed by atoms with Crippen molar-refractivity contribution in [3.63, 3.8) is 0 Å². The van der Waals surface area contributed by atoms with Gasteiger partial charge in [0.15, 0.2) is 0 Å². The van der Waals surface area contributed by atoms with Gasteiger partial charge in [-0.3, -0.25) is 4.98 Å². The maximum atomic E-state index is 9.74. The SMILES string of the molecule is CCC(O)c1ccc(N(C)C(C)c2cccs2)cn1. The number of anilines is 1. The van der Waals surface area contributed by atoms with Crippen molar-refractivity contribution < 1.29 is 5.11 Å². The maximum absolute atomic E-state index is 9.74. The summed E-state index contributed by atoms with van der Waals surface area (Å²) in [5, 5.41) is 11.8. The topological polar surface area (TPSA) is 36.4 Å². The Morgan fingerprint density at radius 3 is 2.68 bits per heavy atom. The third kappa shape index (κ3) is 3.14. The highest BCUT2D eigenvalue weighted by Gasteiger charge is 2.14. The van der Waals surface area contributed by atoms with Crippen LogP contribution in [0, 0.1) is 0 Å². The molecule has 0 aliphatic carbocycles. The van der Waals surface area contributed by atoms with Crippen LogP contribution in [0.15, 0.2) is 35.8 Å². The number of aliphatic hydroxyl groups excluding tert-OH is 1. The van der Waals surface area contributed by atoms with E-state index in [-0.39, 0.29) is 0 Å². The molecule has 0 aromatic carbocycles. The summed E-state index contributed by atoms with van der Waals surface area (Å²) in [5.41, 5.74) is 1.80. The minimum absolute atomic E-state index is 0.323. The fraction of sp³-hybridized carbons (Fsp3) is 0.400. The Morgan fingerprint density at radius 1 is 1.37 bits per heavy atom. The molecule has 3 nitrogen and oxygen atoms in total. The molecule has 102 valence electrons. The summed E-state index contributed by atoms with van der Waals surface area (Å²) >= 11 is 1.76. The first-order valence-corrected chi connectivity index (χ1v) is 7.41. The lowest BCUT2D eigenvalue weighted by molar-refractivity contribution is 0.169. The van der Waals surface area contributed by atoms with Crippen LogP contribution in [-0.2, 0) is 0 Å². The second-order valence-electron chi connectivity index (χ2n) is 4.67. The van der Waals surface area contributed by atoms with Crippen LogP contribution in [0.4, 0.5) is 5.69 Å². The van der Waals surface area contributed by atoms with Gasteiger partial charge in [0.05, 0.1) is 29.7 Å². The van der Waals surface area contributed by atoms with E-state index in [1.165, 1.54) is 4.88 Å². The van der Waals surface area contributed by atoms with Crippen molar-refractivity contribution in [1.29, 1.82) is 0 Å². The summed E-state index contributed by atoms with van der Waals surface area (Å²) in [6.07, 6.45) is 2.06. The summed E-state index contributed by atoms with van der Waals surface area (Å²) in [7, 11) is 2.07. The van der Waals surface area contributed by atoms with Gasteiger partial charge in [0.2, 0.25) is 0 Å². The fourth-order valence-electron chi connectivity index (χ4n) is 1.96. The molecule has 0 aliphatic rings. The van der Waals surface area contributed by atoms with E-state index in [2.05, 4.69) is 41.4 Å². The Morgan fingerprint density at radius 2 is 2.16 bits per heavy atom. The Hall–Kier alpha value is -1.39. The number of aliphatic hydroxyl groups is 1. The van der Waals surface area contributed by atoms with Crippen LogP contribution < -0.4 is 4.90 Å². The van der Waals surface area contributed by atoms with Gasteiger partial charge < -0.3 is 10.0 Å². The fourth-order valence-corrected chi connectivity index (χ4v) is 2.78. The third-order valence-electron chi connectivity index (χ3n) is 3.44. The minimum Gasteiger partial charge on any atom is -0.387 e. The van der Waals surface area contributed by atoms with Crippen LogP contribution in [0.5, 0.6) is 0 Å². The Balaban J connectivity index is 2.13. The molecule has 0 saturated heterocycles. The number of pyridine rings is 1. The summed E-state index contributed by atoms with van der Waals surface area (Å²) < 4.78 is 0. The second-order valence-corrected chi connectivity index (χ2v) is 5.65. The van der Waals surface area contributed by atoms with Gasteiger partial charge in [0, 0.05) is 11.9 Å². The van der Waals surface area contributed by atoms with Crippen LogP contribution in [0.3, 0.4) is 0 Å². The zero-order valence-electron chi connectivity index (χ0n) is 11.6. The Kier molecular flexibility index (Phi) is 4.56. The lowest BCUT2D eigenvalue weighted by Gasteiger charge is -2.26. The quantitative estimate of drug-likeness (QED) is 0.902. The summed E-state index contributed by atoms with van der Waals surface area (Å²) in [5.74, 6) is 0. The average molecular weight is 276 g/mol. The van der Waals surface area contributed by atoms with Crippen molar-refractivity contribution in [3.8, 4) is 0 Å².